The molecular formula is C10H14ClN3. The van der Waals surface area contributed by atoms with Crippen molar-refractivity contribution in [3.63, 3.8) is 0 Å². The van der Waals surface area contributed by atoms with Crippen molar-refractivity contribution < 1.29 is 0 Å². The van der Waals surface area contributed by atoms with Gasteiger partial charge in [-0.05, 0) is 38.3 Å². The second kappa shape index (κ2) is 3.73. The van der Waals surface area contributed by atoms with Gasteiger partial charge in [0.25, 0.3) is 0 Å². The molecule has 1 unspecified atom stereocenters. The Morgan fingerprint density at radius 3 is 3.00 bits per heavy atom. The fourth-order valence-electron chi connectivity index (χ4n) is 1.95. The van der Waals surface area contributed by atoms with Crippen LogP contribution in [0.5, 0.6) is 0 Å². The minimum absolute atomic E-state index is 0.338. The minimum atomic E-state index is 0.338. The van der Waals surface area contributed by atoms with Gasteiger partial charge in [-0.1, -0.05) is 0 Å². The van der Waals surface area contributed by atoms with E-state index in [2.05, 4.69) is 21.8 Å². The van der Waals surface area contributed by atoms with Crippen LogP contribution in [0.15, 0.2) is 6.20 Å². The Morgan fingerprint density at radius 2 is 2.36 bits per heavy atom. The Balaban J connectivity index is 2.34. The molecule has 76 valence electrons. The topological polar surface area (TPSA) is 29.0 Å². The molecule has 1 atom stereocenters. The van der Waals surface area contributed by atoms with Crippen molar-refractivity contribution in [1.82, 2.24) is 9.97 Å². The third-order valence-electron chi connectivity index (χ3n) is 2.74. The molecule has 1 aliphatic heterocycles. The molecule has 1 fully saturated rings. The molecule has 0 bridgehead atoms. The molecular weight excluding hydrogens is 198 g/mol. The molecule has 3 nitrogen and oxygen atoms in total. The van der Waals surface area contributed by atoms with E-state index in [4.69, 9.17) is 11.6 Å². The van der Waals surface area contributed by atoms with Crippen LogP contribution in [-0.4, -0.2) is 22.6 Å². The van der Waals surface area contributed by atoms with Crippen LogP contribution in [0.2, 0.25) is 5.28 Å². The lowest BCUT2D eigenvalue weighted by Crippen LogP contribution is -2.28. The van der Waals surface area contributed by atoms with E-state index in [1.807, 2.05) is 6.92 Å². The second-order valence-corrected chi connectivity index (χ2v) is 4.17. The van der Waals surface area contributed by atoms with Crippen LogP contribution in [-0.2, 0) is 0 Å². The Labute approximate surface area is 89.1 Å². The average molecular weight is 212 g/mol. The quantitative estimate of drug-likeness (QED) is 0.669. The molecule has 1 aromatic heterocycles. The van der Waals surface area contributed by atoms with E-state index >= 15 is 0 Å². The molecule has 2 rings (SSSR count). The van der Waals surface area contributed by atoms with Crippen molar-refractivity contribution >= 4 is 17.4 Å². The third kappa shape index (κ3) is 1.69. The van der Waals surface area contributed by atoms with Crippen molar-refractivity contribution in [1.29, 1.82) is 0 Å². The first-order valence-corrected chi connectivity index (χ1v) is 5.32. The number of rotatable bonds is 1. The van der Waals surface area contributed by atoms with Gasteiger partial charge in [0.2, 0.25) is 5.28 Å². The van der Waals surface area contributed by atoms with E-state index in [1.165, 1.54) is 12.8 Å². The monoisotopic (exact) mass is 211 g/mol. The van der Waals surface area contributed by atoms with E-state index in [-0.39, 0.29) is 0 Å². The van der Waals surface area contributed by atoms with Crippen molar-refractivity contribution in [3.8, 4) is 0 Å². The highest BCUT2D eigenvalue weighted by Crippen LogP contribution is 2.26. The molecule has 0 aliphatic carbocycles. The van der Waals surface area contributed by atoms with Crippen LogP contribution < -0.4 is 4.90 Å². The number of nitrogens with zero attached hydrogens (tertiary/aromatic N) is 3. The molecule has 1 saturated heterocycles. The number of hydrogen-bond acceptors (Lipinski definition) is 3. The maximum Gasteiger partial charge on any atom is 0.224 e. The fourth-order valence-corrected chi connectivity index (χ4v) is 2.08. The van der Waals surface area contributed by atoms with Crippen LogP contribution in [0.25, 0.3) is 0 Å². The maximum absolute atomic E-state index is 5.79. The van der Waals surface area contributed by atoms with Crippen molar-refractivity contribution in [2.75, 3.05) is 11.4 Å². The molecule has 1 aliphatic rings. The molecule has 0 N–H and O–H groups in total. The van der Waals surface area contributed by atoms with Gasteiger partial charge in [0.15, 0.2) is 0 Å². The average Bonchev–Trinajstić information content (AvgIpc) is 2.56. The number of hydrogen-bond donors (Lipinski definition) is 0. The second-order valence-electron chi connectivity index (χ2n) is 3.83. The Morgan fingerprint density at radius 1 is 1.57 bits per heavy atom. The van der Waals surface area contributed by atoms with E-state index < -0.39 is 0 Å². The fraction of sp³-hybridized carbons (Fsp3) is 0.600. The predicted molar refractivity (Wildman–Crippen MR) is 57.8 cm³/mol. The number of halogens is 1. The zero-order valence-corrected chi connectivity index (χ0v) is 9.25. The largest absolute Gasteiger partial charge is 0.354 e. The first-order valence-electron chi connectivity index (χ1n) is 4.94. The van der Waals surface area contributed by atoms with Crippen LogP contribution in [0, 0.1) is 6.92 Å². The first kappa shape index (κ1) is 9.71. The standard InChI is InChI=1S/C10H14ClN3/c1-7-6-12-10(11)13-9(7)14-5-3-4-8(14)2/h6,8H,3-5H2,1-2H3. The summed E-state index contributed by atoms with van der Waals surface area (Å²) in [6, 6.07) is 0.569. The number of anilines is 1. The van der Waals surface area contributed by atoms with E-state index in [1.54, 1.807) is 6.20 Å². The van der Waals surface area contributed by atoms with Gasteiger partial charge in [-0.3, -0.25) is 0 Å². The minimum Gasteiger partial charge on any atom is -0.354 e. The molecule has 4 heteroatoms. The number of aryl methyl sites for hydroxylation is 1. The maximum atomic E-state index is 5.79. The lowest BCUT2D eigenvalue weighted by atomic mass is 10.2. The van der Waals surface area contributed by atoms with Gasteiger partial charge < -0.3 is 4.90 Å². The Hall–Kier alpha value is -0.830. The zero-order chi connectivity index (χ0) is 10.1. The highest BCUT2D eigenvalue weighted by molar-refractivity contribution is 6.28. The van der Waals surface area contributed by atoms with Gasteiger partial charge in [-0.25, -0.2) is 9.97 Å². The van der Waals surface area contributed by atoms with Gasteiger partial charge in [-0.2, -0.15) is 0 Å². The van der Waals surface area contributed by atoms with Crippen molar-refractivity contribution in [2.24, 2.45) is 0 Å². The van der Waals surface area contributed by atoms with Crippen LogP contribution >= 0.6 is 11.6 Å². The Bertz CT molecular complexity index is 340. The summed E-state index contributed by atoms with van der Waals surface area (Å²) in [6.45, 7) is 5.33. The summed E-state index contributed by atoms with van der Waals surface area (Å²) in [4.78, 5) is 10.6. The van der Waals surface area contributed by atoms with Gasteiger partial charge >= 0.3 is 0 Å². The zero-order valence-electron chi connectivity index (χ0n) is 8.50. The van der Waals surface area contributed by atoms with Gasteiger partial charge in [0, 0.05) is 24.3 Å². The summed E-state index contributed by atoms with van der Waals surface area (Å²) in [5.41, 5.74) is 1.10. The van der Waals surface area contributed by atoms with E-state index in [0.29, 0.717) is 11.3 Å². The molecule has 0 saturated carbocycles. The van der Waals surface area contributed by atoms with Gasteiger partial charge in [0.05, 0.1) is 0 Å². The molecule has 2 heterocycles. The molecule has 0 radical (unpaired) electrons. The Kier molecular flexibility index (Phi) is 2.59. The van der Waals surface area contributed by atoms with E-state index in [0.717, 1.165) is 17.9 Å². The van der Waals surface area contributed by atoms with Crippen LogP contribution in [0.3, 0.4) is 0 Å². The summed E-state index contributed by atoms with van der Waals surface area (Å²) in [5.74, 6) is 0.995. The molecule has 0 amide bonds. The lowest BCUT2D eigenvalue weighted by Gasteiger charge is -2.23. The van der Waals surface area contributed by atoms with Gasteiger partial charge in [-0.15, -0.1) is 0 Å². The summed E-state index contributed by atoms with van der Waals surface area (Å²) in [6.07, 6.45) is 4.26. The first-order chi connectivity index (χ1) is 6.68. The SMILES string of the molecule is Cc1cnc(Cl)nc1N1CCCC1C. The summed E-state index contributed by atoms with van der Waals surface area (Å²) < 4.78 is 0. The van der Waals surface area contributed by atoms with Crippen molar-refractivity contribution in [2.45, 2.75) is 32.7 Å². The summed E-state index contributed by atoms with van der Waals surface area (Å²) in [7, 11) is 0. The van der Waals surface area contributed by atoms with E-state index in [9.17, 15) is 0 Å². The summed E-state index contributed by atoms with van der Waals surface area (Å²) >= 11 is 5.79. The summed E-state index contributed by atoms with van der Waals surface area (Å²) in [5, 5.41) is 0.338. The molecule has 14 heavy (non-hydrogen) atoms. The van der Waals surface area contributed by atoms with Gasteiger partial charge in [0.1, 0.15) is 5.82 Å². The smallest absolute Gasteiger partial charge is 0.224 e. The number of aromatic nitrogens is 2. The highest BCUT2D eigenvalue weighted by Gasteiger charge is 2.23. The van der Waals surface area contributed by atoms with Crippen LogP contribution in [0.1, 0.15) is 25.3 Å². The molecule has 0 spiro atoms. The third-order valence-corrected chi connectivity index (χ3v) is 2.92. The molecule has 0 aromatic carbocycles. The molecule has 1 aromatic rings. The van der Waals surface area contributed by atoms with Crippen molar-refractivity contribution in [3.05, 3.63) is 17.0 Å². The lowest BCUT2D eigenvalue weighted by molar-refractivity contribution is 0.723. The normalized spacial score (nSPS) is 21.6. The highest BCUT2D eigenvalue weighted by atomic mass is 35.5. The van der Waals surface area contributed by atoms with Crippen LogP contribution in [0.4, 0.5) is 5.82 Å². The predicted octanol–water partition coefficient (Wildman–Crippen LogP) is 2.43.